The lowest BCUT2D eigenvalue weighted by Crippen LogP contribution is -2.32. The van der Waals surface area contributed by atoms with Crippen molar-refractivity contribution in [1.29, 1.82) is 0 Å². The van der Waals surface area contributed by atoms with Gasteiger partial charge in [0.2, 0.25) is 15.9 Å². The van der Waals surface area contributed by atoms with Gasteiger partial charge in [-0.1, -0.05) is 24.3 Å². The molecule has 8 heteroatoms. The van der Waals surface area contributed by atoms with Gasteiger partial charge in [0.1, 0.15) is 11.5 Å². The number of rotatable bonds is 10. The van der Waals surface area contributed by atoms with Crippen molar-refractivity contribution in [3.05, 3.63) is 54.1 Å². The lowest BCUT2D eigenvalue weighted by Gasteiger charge is -2.24. The van der Waals surface area contributed by atoms with Crippen LogP contribution in [-0.4, -0.2) is 41.3 Å². The zero-order valence-corrected chi connectivity index (χ0v) is 17.2. The molecule has 0 aliphatic carbocycles. The molecular weight excluding hydrogens is 380 g/mol. The molecule has 0 saturated heterocycles. The van der Waals surface area contributed by atoms with Crippen molar-refractivity contribution in [3.8, 4) is 11.5 Å². The second-order valence-corrected chi connectivity index (χ2v) is 8.14. The van der Waals surface area contributed by atoms with Gasteiger partial charge >= 0.3 is 0 Å². The molecule has 2 rings (SSSR count). The Morgan fingerprint density at radius 1 is 1.04 bits per heavy atom. The van der Waals surface area contributed by atoms with Crippen molar-refractivity contribution in [1.82, 2.24) is 5.32 Å². The molecule has 0 unspecified atom stereocenters. The van der Waals surface area contributed by atoms with Crippen LogP contribution >= 0.6 is 0 Å². The van der Waals surface area contributed by atoms with Crippen LogP contribution in [0.2, 0.25) is 0 Å². The van der Waals surface area contributed by atoms with Crippen molar-refractivity contribution in [3.63, 3.8) is 0 Å². The minimum Gasteiger partial charge on any atom is -0.497 e. The Hall–Kier alpha value is -2.74. The third-order valence-electron chi connectivity index (χ3n) is 4.17. The van der Waals surface area contributed by atoms with Gasteiger partial charge in [0, 0.05) is 19.5 Å². The molecule has 152 valence electrons. The fourth-order valence-corrected chi connectivity index (χ4v) is 3.69. The van der Waals surface area contributed by atoms with Crippen molar-refractivity contribution in [2.45, 2.75) is 19.4 Å². The molecule has 2 aromatic rings. The summed E-state index contributed by atoms with van der Waals surface area (Å²) in [6, 6.07) is 14.3. The van der Waals surface area contributed by atoms with Gasteiger partial charge < -0.3 is 14.8 Å². The van der Waals surface area contributed by atoms with E-state index in [9.17, 15) is 13.2 Å². The smallest absolute Gasteiger partial charge is 0.232 e. The SMILES string of the molecule is COc1ccc(CNC(=O)CCCN(c2ccccc2OC)S(C)(=O)=O)cc1. The number of carbonyl (C=O) groups is 1. The first-order valence-electron chi connectivity index (χ1n) is 8.85. The number of carbonyl (C=O) groups excluding carboxylic acids is 1. The number of hydrogen-bond donors (Lipinski definition) is 1. The Morgan fingerprint density at radius 3 is 2.32 bits per heavy atom. The highest BCUT2D eigenvalue weighted by molar-refractivity contribution is 7.92. The van der Waals surface area contributed by atoms with E-state index in [2.05, 4.69) is 5.32 Å². The number of anilines is 1. The molecule has 0 atom stereocenters. The summed E-state index contributed by atoms with van der Waals surface area (Å²) >= 11 is 0. The fraction of sp³-hybridized carbons (Fsp3) is 0.350. The first kappa shape index (κ1) is 21.6. The average Bonchev–Trinajstić information content (AvgIpc) is 2.69. The maximum Gasteiger partial charge on any atom is 0.232 e. The molecule has 7 nitrogen and oxygen atoms in total. The summed E-state index contributed by atoms with van der Waals surface area (Å²) in [6.07, 6.45) is 1.75. The second-order valence-electron chi connectivity index (χ2n) is 6.24. The lowest BCUT2D eigenvalue weighted by atomic mass is 10.2. The minimum atomic E-state index is -3.50. The third-order valence-corrected chi connectivity index (χ3v) is 5.35. The van der Waals surface area contributed by atoms with E-state index in [1.165, 1.54) is 11.4 Å². The van der Waals surface area contributed by atoms with E-state index in [1.54, 1.807) is 31.4 Å². The summed E-state index contributed by atoms with van der Waals surface area (Å²) in [5, 5.41) is 2.84. The first-order chi connectivity index (χ1) is 13.3. The van der Waals surface area contributed by atoms with E-state index in [0.717, 1.165) is 17.6 Å². The summed E-state index contributed by atoms with van der Waals surface area (Å²) in [4.78, 5) is 12.1. The molecule has 1 N–H and O–H groups in total. The number of methoxy groups -OCH3 is 2. The van der Waals surface area contributed by atoms with E-state index < -0.39 is 10.0 Å². The van der Waals surface area contributed by atoms with Crippen LogP contribution < -0.4 is 19.1 Å². The van der Waals surface area contributed by atoms with Crippen molar-refractivity contribution in [2.24, 2.45) is 0 Å². The number of para-hydroxylation sites is 2. The fourth-order valence-electron chi connectivity index (χ4n) is 2.72. The third kappa shape index (κ3) is 6.16. The van der Waals surface area contributed by atoms with Crippen LogP contribution in [0.25, 0.3) is 0 Å². The summed E-state index contributed by atoms with van der Waals surface area (Å²) in [5.41, 5.74) is 1.42. The first-order valence-corrected chi connectivity index (χ1v) is 10.7. The van der Waals surface area contributed by atoms with E-state index in [4.69, 9.17) is 9.47 Å². The maximum absolute atomic E-state index is 12.2. The van der Waals surface area contributed by atoms with Gasteiger partial charge in [-0.25, -0.2) is 8.42 Å². The highest BCUT2D eigenvalue weighted by Crippen LogP contribution is 2.29. The predicted molar refractivity (Wildman–Crippen MR) is 109 cm³/mol. The molecule has 0 fully saturated rings. The summed E-state index contributed by atoms with van der Waals surface area (Å²) in [7, 11) is -0.410. The lowest BCUT2D eigenvalue weighted by molar-refractivity contribution is -0.121. The molecule has 0 heterocycles. The van der Waals surface area contributed by atoms with E-state index >= 15 is 0 Å². The Morgan fingerprint density at radius 2 is 1.71 bits per heavy atom. The van der Waals surface area contributed by atoms with Crippen LogP contribution in [0, 0.1) is 0 Å². The van der Waals surface area contributed by atoms with Crippen LogP contribution in [0.1, 0.15) is 18.4 Å². The average molecular weight is 407 g/mol. The molecule has 28 heavy (non-hydrogen) atoms. The normalized spacial score (nSPS) is 11.0. The number of nitrogens with zero attached hydrogens (tertiary/aromatic N) is 1. The van der Waals surface area contributed by atoms with Gasteiger partial charge in [-0.3, -0.25) is 9.10 Å². The van der Waals surface area contributed by atoms with Crippen molar-refractivity contribution < 1.29 is 22.7 Å². The van der Waals surface area contributed by atoms with Gasteiger partial charge in [-0.15, -0.1) is 0 Å². The number of amides is 1. The zero-order chi connectivity index (χ0) is 20.6. The molecule has 0 aliphatic heterocycles. The Kier molecular flexibility index (Phi) is 7.69. The Balaban J connectivity index is 1.90. The van der Waals surface area contributed by atoms with Gasteiger partial charge in [0.25, 0.3) is 0 Å². The highest BCUT2D eigenvalue weighted by atomic mass is 32.2. The molecule has 0 aliphatic rings. The zero-order valence-electron chi connectivity index (χ0n) is 16.3. The monoisotopic (exact) mass is 406 g/mol. The molecule has 0 saturated carbocycles. The topological polar surface area (TPSA) is 84.9 Å². The van der Waals surface area contributed by atoms with Crippen LogP contribution in [0.5, 0.6) is 11.5 Å². The highest BCUT2D eigenvalue weighted by Gasteiger charge is 2.20. The number of benzene rings is 2. The molecule has 2 aromatic carbocycles. The van der Waals surface area contributed by atoms with Crippen LogP contribution in [0.3, 0.4) is 0 Å². The molecular formula is C20H26N2O5S. The van der Waals surface area contributed by atoms with E-state index in [1.807, 2.05) is 24.3 Å². The number of hydrogen-bond acceptors (Lipinski definition) is 5. The van der Waals surface area contributed by atoms with Gasteiger partial charge in [-0.2, -0.15) is 0 Å². The van der Waals surface area contributed by atoms with E-state index in [-0.39, 0.29) is 18.9 Å². The van der Waals surface area contributed by atoms with E-state index in [0.29, 0.717) is 24.4 Å². The van der Waals surface area contributed by atoms with Crippen molar-refractivity contribution >= 4 is 21.6 Å². The number of sulfonamides is 1. The maximum atomic E-state index is 12.2. The van der Waals surface area contributed by atoms with Crippen LogP contribution in [0.15, 0.2) is 48.5 Å². The van der Waals surface area contributed by atoms with Crippen LogP contribution in [-0.2, 0) is 21.4 Å². The molecule has 0 spiro atoms. The largest absolute Gasteiger partial charge is 0.497 e. The molecule has 0 radical (unpaired) electrons. The van der Waals surface area contributed by atoms with Gasteiger partial charge in [-0.05, 0) is 36.2 Å². The second kappa shape index (κ2) is 9.98. The summed E-state index contributed by atoms with van der Waals surface area (Å²) < 4.78 is 36.0. The predicted octanol–water partition coefficient (Wildman–Crippen LogP) is 2.57. The number of nitrogens with one attached hydrogen (secondary N) is 1. The van der Waals surface area contributed by atoms with Gasteiger partial charge in [0.05, 0.1) is 26.2 Å². The molecule has 0 aromatic heterocycles. The summed E-state index contributed by atoms with van der Waals surface area (Å²) in [6.45, 7) is 0.598. The minimum absolute atomic E-state index is 0.135. The Labute approximate surface area is 166 Å². The van der Waals surface area contributed by atoms with Crippen LogP contribution in [0.4, 0.5) is 5.69 Å². The number of ether oxygens (including phenoxy) is 2. The standard InChI is InChI=1S/C20H26N2O5S/c1-26-17-12-10-16(11-13-17)15-21-20(23)9-6-14-22(28(3,24)25)18-7-4-5-8-19(18)27-2/h4-5,7-8,10-13H,6,9,14-15H2,1-3H3,(H,21,23). The molecule has 0 bridgehead atoms. The Bertz CT molecular complexity index is 882. The molecule has 1 amide bonds. The quantitative estimate of drug-likeness (QED) is 0.656. The van der Waals surface area contributed by atoms with Crippen molar-refractivity contribution in [2.75, 3.05) is 31.3 Å². The van der Waals surface area contributed by atoms with Gasteiger partial charge in [0.15, 0.2) is 0 Å². The summed E-state index contributed by atoms with van der Waals surface area (Å²) in [5.74, 6) is 1.09.